The standard InChI is InChI=1S/C10H6ClF3N4O2S/c11-5-1-2-7(6(3-5)10(12,13)14)18-9(15-16-17-18)21-4-8(19)20/h1-3H,4H2,(H,19,20). The van der Waals surface area contributed by atoms with Crippen LogP contribution in [0.15, 0.2) is 23.4 Å². The van der Waals surface area contributed by atoms with Gasteiger partial charge in [-0.3, -0.25) is 4.79 Å². The second-order valence-electron chi connectivity index (χ2n) is 3.71. The third-order valence-electron chi connectivity index (χ3n) is 2.26. The molecule has 1 aromatic heterocycles. The fourth-order valence-corrected chi connectivity index (χ4v) is 2.24. The van der Waals surface area contributed by atoms with Crippen molar-refractivity contribution in [3.05, 3.63) is 28.8 Å². The van der Waals surface area contributed by atoms with Gasteiger partial charge >= 0.3 is 12.1 Å². The highest BCUT2D eigenvalue weighted by Crippen LogP contribution is 2.36. The van der Waals surface area contributed by atoms with Gasteiger partial charge in [0, 0.05) is 5.02 Å². The van der Waals surface area contributed by atoms with Gasteiger partial charge in [0.15, 0.2) is 0 Å². The molecule has 0 bridgehead atoms. The van der Waals surface area contributed by atoms with Crippen molar-refractivity contribution in [3.63, 3.8) is 0 Å². The smallest absolute Gasteiger partial charge is 0.418 e. The minimum Gasteiger partial charge on any atom is -0.481 e. The monoisotopic (exact) mass is 338 g/mol. The first-order valence-corrected chi connectivity index (χ1v) is 6.65. The predicted octanol–water partition coefficient (Wildman–Crippen LogP) is 2.51. The highest BCUT2D eigenvalue weighted by atomic mass is 35.5. The van der Waals surface area contributed by atoms with Gasteiger partial charge in [-0.25, -0.2) is 0 Å². The Balaban J connectivity index is 2.48. The summed E-state index contributed by atoms with van der Waals surface area (Å²) in [4.78, 5) is 10.5. The largest absolute Gasteiger partial charge is 0.481 e. The topological polar surface area (TPSA) is 80.9 Å². The summed E-state index contributed by atoms with van der Waals surface area (Å²) >= 11 is 6.29. The Hall–Kier alpha value is -1.81. The minimum atomic E-state index is -4.65. The summed E-state index contributed by atoms with van der Waals surface area (Å²) in [6.07, 6.45) is -4.65. The number of rotatable bonds is 4. The lowest BCUT2D eigenvalue weighted by atomic mass is 10.1. The van der Waals surface area contributed by atoms with E-state index in [9.17, 15) is 18.0 Å². The van der Waals surface area contributed by atoms with Gasteiger partial charge in [-0.15, -0.1) is 5.10 Å². The van der Waals surface area contributed by atoms with E-state index in [0.29, 0.717) is 11.8 Å². The van der Waals surface area contributed by atoms with Crippen molar-refractivity contribution < 1.29 is 23.1 Å². The number of hydrogen-bond donors (Lipinski definition) is 1. The van der Waals surface area contributed by atoms with Gasteiger partial charge in [0.25, 0.3) is 0 Å². The average molecular weight is 339 g/mol. The highest BCUT2D eigenvalue weighted by Gasteiger charge is 2.35. The van der Waals surface area contributed by atoms with Crippen molar-refractivity contribution in [2.75, 3.05) is 5.75 Å². The maximum Gasteiger partial charge on any atom is 0.418 e. The molecule has 0 saturated heterocycles. The van der Waals surface area contributed by atoms with E-state index >= 15 is 0 Å². The molecule has 0 aliphatic carbocycles. The van der Waals surface area contributed by atoms with Crippen LogP contribution in [-0.4, -0.2) is 37.0 Å². The van der Waals surface area contributed by atoms with Gasteiger partial charge in [0.1, 0.15) is 0 Å². The second kappa shape index (κ2) is 5.90. The van der Waals surface area contributed by atoms with E-state index in [1.165, 1.54) is 6.07 Å². The van der Waals surface area contributed by atoms with Crippen LogP contribution in [0, 0.1) is 0 Å². The lowest BCUT2D eigenvalue weighted by Crippen LogP contribution is -2.12. The molecule has 2 rings (SSSR count). The highest BCUT2D eigenvalue weighted by molar-refractivity contribution is 7.99. The number of tetrazole rings is 1. The zero-order chi connectivity index (χ0) is 15.6. The third kappa shape index (κ3) is 3.64. The number of nitrogens with zero attached hydrogens (tertiary/aromatic N) is 4. The van der Waals surface area contributed by atoms with Gasteiger partial charge in [0.2, 0.25) is 5.16 Å². The molecule has 0 aliphatic heterocycles. The molecular formula is C10H6ClF3N4O2S. The van der Waals surface area contributed by atoms with Crippen LogP contribution < -0.4 is 0 Å². The van der Waals surface area contributed by atoms with Gasteiger partial charge in [-0.05, 0) is 28.6 Å². The fourth-order valence-electron chi connectivity index (χ4n) is 1.47. The Morgan fingerprint density at radius 2 is 2.14 bits per heavy atom. The maximum absolute atomic E-state index is 13.0. The fraction of sp³-hybridized carbons (Fsp3) is 0.200. The van der Waals surface area contributed by atoms with Crippen molar-refractivity contribution in [3.8, 4) is 5.69 Å². The number of carbonyl (C=O) groups is 1. The normalized spacial score (nSPS) is 11.6. The van der Waals surface area contributed by atoms with Crippen molar-refractivity contribution in [1.82, 2.24) is 20.2 Å². The number of halogens is 4. The number of carboxylic acid groups (broad SMARTS) is 1. The Morgan fingerprint density at radius 1 is 1.43 bits per heavy atom. The van der Waals surface area contributed by atoms with Crippen molar-refractivity contribution in [2.24, 2.45) is 0 Å². The maximum atomic E-state index is 13.0. The van der Waals surface area contributed by atoms with Gasteiger partial charge < -0.3 is 5.11 Å². The zero-order valence-corrected chi connectivity index (χ0v) is 11.6. The first kappa shape index (κ1) is 15.6. The van der Waals surface area contributed by atoms with E-state index in [4.69, 9.17) is 16.7 Å². The minimum absolute atomic E-state index is 0.0646. The molecule has 0 amide bonds. The third-order valence-corrected chi connectivity index (χ3v) is 3.40. The van der Waals surface area contributed by atoms with E-state index in [2.05, 4.69) is 15.5 Å². The van der Waals surface area contributed by atoms with Crippen LogP contribution in [0.4, 0.5) is 13.2 Å². The number of thioether (sulfide) groups is 1. The van der Waals surface area contributed by atoms with Crippen LogP contribution in [0.1, 0.15) is 5.56 Å². The van der Waals surface area contributed by atoms with E-state index in [1.807, 2.05) is 0 Å². The van der Waals surface area contributed by atoms with Gasteiger partial charge in [-0.1, -0.05) is 23.4 Å². The lowest BCUT2D eigenvalue weighted by molar-refractivity contribution is -0.137. The first-order chi connectivity index (χ1) is 9.79. The summed E-state index contributed by atoms with van der Waals surface area (Å²) in [5.41, 5.74) is -1.34. The molecule has 11 heteroatoms. The Labute approximate surface area is 124 Å². The van der Waals surface area contributed by atoms with Crippen LogP contribution in [0.2, 0.25) is 5.02 Å². The molecule has 0 radical (unpaired) electrons. The van der Waals surface area contributed by atoms with E-state index in [1.54, 1.807) is 0 Å². The van der Waals surface area contributed by atoms with E-state index in [0.717, 1.165) is 16.8 Å². The van der Waals surface area contributed by atoms with Crippen LogP contribution in [0.25, 0.3) is 5.69 Å². The van der Waals surface area contributed by atoms with E-state index < -0.39 is 17.7 Å². The second-order valence-corrected chi connectivity index (χ2v) is 5.09. The Kier molecular flexibility index (Phi) is 4.37. The lowest BCUT2D eigenvalue weighted by Gasteiger charge is -2.13. The molecule has 0 aliphatic rings. The molecule has 0 atom stereocenters. The van der Waals surface area contributed by atoms with Crippen LogP contribution in [0.3, 0.4) is 0 Å². The molecule has 0 fully saturated rings. The van der Waals surface area contributed by atoms with Crippen molar-refractivity contribution in [1.29, 1.82) is 0 Å². The molecule has 1 N–H and O–H groups in total. The molecule has 2 aromatic rings. The van der Waals surface area contributed by atoms with Crippen LogP contribution in [-0.2, 0) is 11.0 Å². The molecular weight excluding hydrogens is 333 g/mol. The van der Waals surface area contributed by atoms with Crippen LogP contribution in [0.5, 0.6) is 0 Å². The molecule has 0 spiro atoms. The van der Waals surface area contributed by atoms with E-state index in [-0.39, 0.29) is 21.6 Å². The number of aromatic nitrogens is 4. The summed E-state index contributed by atoms with van der Waals surface area (Å²) in [6, 6.07) is 3.13. The van der Waals surface area contributed by atoms with Crippen molar-refractivity contribution in [2.45, 2.75) is 11.3 Å². The molecule has 112 valence electrons. The van der Waals surface area contributed by atoms with Crippen LogP contribution >= 0.6 is 23.4 Å². The summed E-state index contributed by atoms with van der Waals surface area (Å²) in [5.74, 6) is -1.52. The number of benzene rings is 1. The predicted molar refractivity (Wildman–Crippen MR) is 67.5 cm³/mol. The summed E-state index contributed by atoms with van der Waals surface area (Å²) < 4.78 is 39.9. The van der Waals surface area contributed by atoms with Gasteiger partial charge in [0.05, 0.1) is 17.0 Å². The number of aliphatic carboxylic acids is 1. The Bertz CT molecular complexity index is 677. The summed E-state index contributed by atoms with van der Waals surface area (Å²) in [6.45, 7) is 0. The first-order valence-electron chi connectivity index (χ1n) is 5.29. The molecule has 0 unspecified atom stereocenters. The van der Waals surface area contributed by atoms with Gasteiger partial charge in [-0.2, -0.15) is 17.9 Å². The summed E-state index contributed by atoms with van der Waals surface area (Å²) in [5, 5.41) is 18.7. The molecule has 1 aromatic carbocycles. The number of alkyl halides is 3. The number of carboxylic acids is 1. The average Bonchev–Trinajstić information content (AvgIpc) is 2.83. The summed E-state index contributed by atoms with van der Waals surface area (Å²) in [7, 11) is 0. The van der Waals surface area contributed by atoms with Crippen molar-refractivity contribution >= 4 is 29.3 Å². The molecule has 1 heterocycles. The molecule has 21 heavy (non-hydrogen) atoms. The zero-order valence-electron chi connectivity index (χ0n) is 10.0. The molecule has 0 saturated carbocycles. The number of hydrogen-bond acceptors (Lipinski definition) is 5. The molecule has 6 nitrogen and oxygen atoms in total. The Morgan fingerprint density at radius 3 is 2.76 bits per heavy atom. The quantitative estimate of drug-likeness (QED) is 0.863. The SMILES string of the molecule is O=C(O)CSc1nnnn1-c1ccc(Cl)cc1C(F)(F)F.